The molecule has 1 heterocycles. The van der Waals surface area contributed by atoms with Gasteiger partial charge >= 0.3 is 0 Å². The van der Waals surface area contributed by atoms with Crippen LogP contribution in [0.15, 0.2) is 36.5 Å². The molecule has 0 radical (unpaired) electrons. The number of nitrogens with zero attached hydrogens (tertiary/aromatic N) is 2. The fourth-order valence-electron chi connectivity index (χ4n) is 1.57. The van der Waals surface area contributed by atoms with Gasteiger partial charge in [-0.3, -0.25) is 4.68 Å². The van der Waals surface area contributed by atoms with Crippen LogP contribution >= 0.6 is 0 Å². The number of aliphatic hydroxyl groups is 1. The van der Waals surface area contributed by atoms with Crippen molar-refractivity contribution < 1.29 is 9.50 Å². The topological polar surface area (TPSA) is 50.1 Å². The van der Waals surface area contributed by atoms with Gasteiger partial charge < -0.3 is 10.4 Å². The maximum Gasteiger partial charge on any atom is 0.148 e. The molecule has 0 fully saturated rings. The Hall–Kier alpha value is -1.88. The van der Waals surface area contributed by atoms with Crippen LogP contribution in [-0.2, 0) is 7.05 Å². The van der Waals surface area contributed by atoms with E-state index in [1.165, 1.54) is 6.07 Å². The first-order valence-corrected chi connectivity index (χ1v) is 5.33. The Labute approximate surface area is 98.7 Å². The molecule has 1 aromatic carbocycles. The van der Waals surface area contributed by atoms with Crippen LogP contribution < -0.4 is 5.32 Å². The van der Waals surface area contributed by atoms with Gasteiger partial charge in [0.2, 0.25) is 0 Å². The molecule has 2 N–H and O–H groups in total. The molecule has 17 heavy (non-hydrogen) atoms. The summed E-state index contributed by atoms with van der Waals surface area (Å²) in [5, 5.41) is 16.9. The van der Waals surface area contributed by atoms with Gasteiger partial charge in [-0.25, -0.2) is 4.39 Å². The number of anilines is 1. The molecule has 1 aromatic heterocycles. The molecule has 2 aromatic rings. The Morgan fingerprint density at radius 2 is 2.18 bits per heavy atom. The molecular formula is C12H14FN3O. The van der Waals surface area contributed by atoms with E-state index in [-0.39, 0.29) is 12.1 Å². The minimum Gasteiger partial charge on any atom is -0.386 e. The zero-order valence-electron chi connectivity index (χ0n) is 9.47. The van der Waals surface area contributed by atoms with Crippen molar-refractivity contribution in [2.24, 2.45) is 7.05 Å². The Balaban J connectivity index is 1.98. The first-order chi connectivity index (χ1) is 8.16. The summed E-state index contributed by atoms with van der Waals surface area (Å²) in [6.45, 7) is 0.220. The number of benzene rings is 1. The van der Waals surface area contributed by atoms with Crippen molar-refractivity contribution >= 4 is 5.82 Å². The van der Waals surface area contributed by atoms with E-state index in [2.05, 4.69) is 10.4 Å². The third-order valence-corrected chi connectivity index (χ3v) is 2.45. The summed E-state index contributed by atoms with van der Waals surface area (Å²) in [5.74, 6) is 0.255. The van der Waals surface area contributed by atoms with Crippen LogP contribution in [0.3, 0.4) is 0 Å². The van der Waals surface area contributed by atoms with Crippen LogP contribution in [0.2, 0.25) is 0 Å². The molecule has 0 saturated heterocycles. The van der Waals surface area contributed by atoms with Crippen molar-refractivity contribution in [1.29, 1.82) is 0 Å². The Morgan fingerprint density at radius 1 is 1.41 bits per heavy atom. The predicted octanol–water partition coefficient (Wildman–Crippen LogP) is 1.70. The van der Waals surface area contributed by atoms with E-state index in [1.54, 1.807) is 42.2 Å². The zero-order valence-corrected chi connectivity index (χ0v) is 9.47. The number of aliphatic hydroxyl groups excluding tert-OH is 1. The standard InChI is InChI=1S/C12H14FN3O/c1-16-7-6-12(15-16)14-8-11(17)9-4-2-3-5-10(9)13/h2-7,11,17H,8H2,1H3,(H,14,15). The van der Waals surface area contributed by atoms with E-state index in [1.807, 2.05) is 0 Å². The van der Waals surface area contributed by atoms with Gasteiger partial charge in [-0.15, -0.1) is 0 Å². The van der Waals surface area contributed by atoms with Crippen molar-refractivity contribution in [3.63, 3.8) is 0 Å². The summed E-state index contributed by atoms with van der Waals surface area (Å²) in [5.41, 5.74) is 0.288. The molecule has 0 saturated carbocycles. The second kappa shape index (κ2) is 4.97. The first-order valence-electron chi connectivity index (χ1n) is 5.33. The van der Waals surface area contributed by atoms with Crippen molar-refractivity contribution in [3.05, 3.63) is 47.9 Å². The summed E-state index contributed by atoms with van der Waals surface area (Å²) in [7, 11) is 1.80. The summed E-state index contributed by atoms with van der Waals surface area (Å²) >= 11 is 0. The lowest BCUT2D eigenvalue weighted by Gasteiger charge is -2.12. The van der Waals surface area contributed by atoms with Gasteiger partial charge in [0, 0.05) is 31.4 Å². The third kappa shape index (κ3) is 2.82. The first kappa shape index (κ1) is 11.6. The lowest BCUT2D eigenvalue weighted by atomic mass is 10.1. The van der Waals surface area contributed by atoms with Gasteiger partial charge in [0.05, 0.1) is 6.10 Å². The highest BCUT2D eigenvalue weighted by Gasteiger charge is 2.11. The highest BCUT2D eigenvalue weighted by Crippen LogP contribution is 2.16. The Kier molecular flexibility index (Phi) is 3.39. The molecule has 90 valence electrons. The molecule has 2 rings (SSSR count). The number of nitrogens with one attached hydrogen (secondary N) is 1. The molecule has 0 aliphatic rings. The number of aromatic nitrogens is 2. The third-order valence-electron chi connectivity index (χ3n) is 2.45. The predicted molar refractivity (Wildman–Crippen MR) is 63.1 cm³/mol. The quantitative estimate of drug-likeness (QED) is 0.848. The van der Waals surface area contributed by atoms with Crippen LogP contribution in [0.25, 0.3) is 0 Å². The molecule has 1 unspecified atom stereocenters. The smallest absolute Gasteiger partial charge is 0.148 e. The number of rotatable bonds is 4. The highest BCUT2D eigenvalue weighted by atomic mass is 19.1. The van der Waals surface area contributed by atoms with Gasteiger partial charge in [-0.05, 0) is 6.07 Å². The normalized spacial score (nSPS) is 12.4. The monoisotopic (exact) mass is 235 g/mol. The molecular weight excluding hydrogens is 221 g/mol. The van der Waals surface area contributed by atoms with Crippen LogP contribution in [0.1, 0.15) is 11.7 Å². The SMILES string of the molecule is Cn1ccc(NCC(O)c2ccccc2F)n1. The summed E-state index contributed by atoms with van der Waals surface area (Å²) in [4.78, 5) is 0. The summed E-state index contributed by atoms with van der Waals surface area (Å²) < 4.78 is 15.0. The average Bonchev–Trinajstić information content (AvgIpc) is 2.73. The van der Waals surface area contributed by atoms with Crippen molar-refractivity contribution in [1.82, 2.24) is 9.78 Å². The van der Waals surface area contributed by atoms with Crippen LogP contribution in [0, 0.1) is 5.82 Å². The van der Waals surface area contributed by atoms with Crippen LogP contribution in [0.5, 0.6) is 0 Å². The van der Waals surface area contributed by atoms with Crippen molar-refractivity contribution in [3.8, 4) is 0 Å². The second-order valence-electron chi connectivity index (χ2n) is 3.79. The highest BCUT2D eigenvalue weighted by molar-refractivity contribution is 5.33. The average molecular weight is 235 g/mol. The van der Waals surface area contributed by atoms with Gasteiger partial charge in [0.25, 0.3) is 0 Å². The van der Waals surface area contributed by atoms with E-state index in [0.29, 0.717) is 5.82 Å². The zero-order chi connectivity index (χ0) is 12.3. The molecule has 0 aliphatic carbocycles. The Morgan fingerprint density at radius 3 is 2.82 bits per heavy atom. The largest absolute Gasteiger partial charge is 0.386 e. The van der Waals surface area contributed by atoms with Crippen LogP contribution in [-0.4, -0.2) is 21.4 Å². The van der Waals surface area contributed by atoms with Gasteiger partial charge in [0.15, 0.2) is 0 Å². The van der Waals surface area contributed by atoms with Gasteiger partial charge in [0.1, 0.15) is 11.6 Å². The van der Waals surface area contributed by atoms with E-state index >= 15 is 0 Å². The lowest BCUT2D eigenvalue weighted by Crippen LogP contribution is -2.13. The maximum atomic E-state index is 13.4. The molecule has 4 nitrogen and oxygen atoms in total. The van der Waals surface area contributed by atoms with E-state index in [0.717, 1.165) is 0 Å². The number of hydrogen-bond donors (Lipinski definition) is 2. The van der Waals surface area contributed by atoms with E-state index in [9.17, 15) is 9.50 Å². The fourth-order valence-corrected chi connectivity index (χ4v) is 1.57. The van der Waals surface area contributed by atoms with Crippen molar-refractivity contribution in [2.75, 3.05) is 11.9 Å². The minimum atomic E-state index is -0.891. The number of aryl methyl sites for hydroxylation is 1. The number of hydrogen-bond acceptors (Lipinski definition) is 3. The van der Waals surface area contributed by atoms with Crippen LogP contribution in [0.4, 0.5) is 10.2 Å². The van der Waals surface area contributed by atoms with Crippen molar-refractivity contribution in [2.45, 2.75) is 6.10 Å². The molecule has 0 amide bonds. The molecule has 1 atom stereocenters. The lowest BCUT2D eigenvalue weighted by molar-refractivity contribution is 0.186. The molecule has 0 aliphatic heterocycles. The molecule has 5 heteroatoms. The molecule has 0 bridgehead atoms. The maximum absolute atomic E-state index is 13.4. The van der Waals surface area contributed by atoms with E-state index < -0.39 is 11.9 Å². The fraction of sp³-hybridized carbons (Fsp3) is 0.250. The second-order valence-corrected chi connectivity index (χ2v) is 3.79. The van der Waals surface area contributed by atoms with E-state index in [4.69, 9.17) is 0 Å². The summed E-state index contributed by atoms with van der Waals surface area (Å²) in [6, 6.07) is 7.98. The number of halogens is 1. The van der Waals surface area contributed by atoms with Gasteiger partial charge in [-0.2, -0.15) is 5.10 Å². The van der Waals surface area contributed by atoms with Gasteiger partial charge in [-0.1, -0.05) is 18.2 Å². The minimum absolute atomic E-state index is 0.220. The summed E-state index contributed by atoms with van der Waals surface area (Å²) in [6.07, 6.45) is 0.899. The molecule has 0 spiro atoms. The Bertz CT molecular complexity index is 498.